The van der Waals surface area contributed by atoms with Crippen LogP contribution in [0.4, 0.5) is 34.1 Å². The van der Waals surface area contributed by atoms with E-state index in [1.54, 1.807) is 0 Å². The lowest BCUT2D eigenvalue weighted by Crippen LogP contribution is -2.61. The van der Waals surface area contributed by atoms with E-state index in [9.17, 15) is 0 Å². The van der Waals surface area contributed by atoms with Gasteiger partial charge in [-0.25, -0.2) is 0 Å². The molecule has 116 heavy (non-hydrogen) atoms. The van der Waals surface area contributed by atoms with Crippen LogP contribution in [0.3, 0.4) is 0 Å². The van der Waals surface area contributed by atoms with Crippen molar-refractivity contribution in [2.45, 2.75) is 131 Å². The predicted octanol–water partition coefficient (Wildman–Crippen LogP) is 30.1. The fourth-order valence-corrected chi connectivity index (χ4v) is 21.1. The number of para-hydroxylation sites is 1. The summed E-state index contributed by atoms with van der Waals surface area (Å²) in [6.07, 6.45) is 0. The van der Waals surface area contributed by atoms with Crippen LogP contribution in [-0.2, 0) is 27.1 Å². The molecule has 3 nitrogen and oxygen atoms in total. The van der Waals surface area contributed by atoms with Gasteiger partial charge >= 0.3 is 0 Å². The Labute approximate surface area is 691 Å². The summed E-state index contributed by atoms with van der Waals surface area (Å²) < 4.78 is 7.78. The van der Waals surface area contributed by atoms with Gasteiger partial charge in [-0.05, 0) is 207 Å². The Morgan fingerprint density at radius 2 is 0.690 bits per heavy atom. The molecule has 0 atom stereocenters. The van der Waals surface area contributed by atoms with E-state index >= 15 is 0 Å². The average molecular weight is 1530 g/mol. The number of rotatable bonds is 9. The van der Waals surface area contributed by atoms with Gasteiger partial charge in [-0.1, -0.05) is 322 Å². The summed E-state index contributed by atoms with van der Waals surface area (Å²) in [6.45, 7) is 35.6. The first-order chi connectivity index (χ1) is 55.7. The zero-order chi connectivity index (χ0) is 79.8. The maximum atomic E-state index is 2.82. The van der Waals surface area contributed by atoms with E-state index in [2.05, 4.69) is 428 Å². The zero-order valence-electron chi connectivity index (χ0n) is 69.2. The lowest BCUT2D eigenvalue weighted by molar-refractivity contribution is 0.572. The van der Waals surface area contributed by atoms with Gasteiger partial charge in [-0.15, -0.1) is 22.7 Å². The van der Waals surface area contributed by atoms with E-state index in [0.29, 0.717) is 0 Å². The summed E-state index contributed by atoms with van der Waals surface area (Å²) in [4.78, 5) is 5.60. The second-order valence-electron chi connectivity index (χ2n) is 37.6. The molecule has 0 saturated heterocycles. The first-order valence-electron chi connectivity index (χ1n) is 41.3. The number of hydrogen-bond acceptors (Lipinski definition) is 4. The molecule has 0 amide bonds. The van der Waals surface area contributed by atoms with Crippen LogP contribution in [0, 0.1) is 0 Å². The van der Waals surface area contributed by atoms with Crippen LogP contribution >= 0.6 is 22.7 Å². The Hall–Kier alpha value is -11.8. The summed E-state index contributed by atoms with van der Waals surface area (Å²) in [5, 5.41) is 7.57. The third-order valence-corrected chi connectivity index (χ3v) is 27.1. The molecule has 0 aliphatic carbocycles. The number of benzene rings is 15. The van der Waals surface area contributed by atoms with E-state index in [4.69, 9.17) is 0 Å². The Bertz CT molecular complexity index is 6840. The summed E-state index contributed by atoms with van der Waals surface area (Å²) in [5.74, 6) is 0. The maximum Gasteiger partial charge on any atom is 0.252 e. The normalized spacial score (nSPS) is 13.2. The van der Waals surface area contributed by atoms with Gasteiger partial charge in [0.25, 0.3) is 6.71 Å². The highest BCUT2D eigenvalue weighted by molar-refractivity contribution is 7.26. The summed E-state index contributed by atoms with van der Waals surface area (Å²) in [6, 6.07) is 120. The summed E-state index contributed by atoms with van der Waals surface area (Å²) in [7, 11) is 0. The Morgan fingerprint density at radius 1 is 0.259 bits per heavy atom. The number of hydrogen-bond donors (Lipinski definition) is 0. The van der Waals surface area contributed by atoms with Gasteiger partial charge < -0.3 is 14.4 Å². The number of nitrogens with zero attached hydrogens (tertiary/aromatic N) is 3. The number of aromatic nitrogens is 1. The first kappa shape index (κ1) is 73.1. The lowest BCUT2D eigenvalue weighted by atomic mass is 9.33. The highest BCUT2D eigenvalue weighted by atomic mass is 32.1. The monoisotopic (exact) mass is 1530 g/mol. The van der Waals surface area contributed by atoms with Gasteiger partial charge in [-0.2, -0.15) is 0 Å². The van der Waals surface area contributed by atoms with Gasteiger partial charge in [-0.3, -0.25) is 0 Å². The quantitative estimate of drug-likeness (QED) is 0.133. The maximum absolute atomic E-state index is 2.82. The van der Waals surface area contributed by atoms with Crippen molar-refractivity contribution in [2.75, 3.05) is 9.80 Å². The smallest absolute Gasteiger partial charge is 0.252 e. The van der Waals surface area contributed by atoms with Gasteiger partial charge in [0.1, 0.15) is 0 Å². The molecule has 566 valence electrons. The topological polar surface area (TPSA) is 11.4 Å². The lowest BCUT2D eigenvalue weighted by Gasteiger charge is -2.46. The highest BCUT2D eigenvalue weighted by Crippen LogP contribution is 2.58. The van der Waals surface area contributed by atoms with Crippen LogP contribution in [-0.4, -0.2) is 11.3 Å². The minimum atomic E-state index is -0.293. The van der Waals surface area contributed by atoms with Crippen molar-refractivity contribution in [2.24, 2.45) is 0 Å². The average Bonchev–Trinajstić information content (AvgIpc) is 0.740. The Balaban J connectivity index is 1.04. The molecule has 2 aliphatic heterocycles. The fourth-order valence-electron chi connectivity index (χ4n) is 18.8. The van der Waals surface area contributed by atoms with E-state index in [0.717, 1.165) is 56.3 Å². The van der Waals surface area contributed by atoms with Crippen LogP contribution < -0.4 is 26.2 Å². The fraction of sp³-hybridized carbons (Fsp3) is 0.182. The van der Waals surface area contributed by atoms with Gasteiger partial charge in [0.2, 0.25) is 0 Å². The van der Waals surface area contributed by atoms with Crippen LogP contribution in [0.15, 0.2) is 309 Å². The molecule has 0 fully saturated rings. The molecular formula is C110H96BN3S2. The molecule has 3 aromatic heterocycles. The number of fused-ring (bicyclic) bond motifs is 13. The minimum absolute atomic E-state index is 0.132. The van der Waals surface area contributed by atoms with Crippen molar-refractivity contribution in [3.05, 3.63) is 337 Å². The molecule has 2 aliphatic rings. The largest absolute Gasteiger partial charge is 0.310 e. The van der Waals surface area contributed by atoms with Crippen LogP contribution in [0.5, 0.6) is 0 Å². The number of thiophene rings is 2. The molecule has 18 aromatic rings. The third kappa shape index (κ3) is 12.0. The molecule has 0 N–H and O–H groups in total. The van der Waals surface area contributed by atoms with Crippen molar-refractivity contribution >= 4 is 142 Å². The molecule has 0 radical (unpaired) electrons. The minimum Gasteiger partial charge on any atom is -0.310 e. The SMILES string of the molecule is CC(C)(C)c1cc(-c2ccccc2)c(N2c3cc(C(C)(C)C)ccc3B3c4cc(-c5cccc(-c6ccccc6)c5)ccc4N(c4c(-c5cccc6sc7ccccc7c56)cc(C(C)(C)C)cc4-c4cccc5sc6ccccc6c45)c4cc(-n5c6ccccc6c6cc(C(C)(C)C)cc(C(C)(C)C)c65)cc2c43)c(-c2ccccc2)c1. The Kier molecular flexibility index (Phi) is 17.0. The molecule has 0 unspecified atom stereocenters. The van der Waals surface area contributed by atoms with Gasteiger partial charge in [0, 0.05) is 96.1 Å². The molecule has 0 saturated carbocycles. The van der Waals surface area contributed by atoms with Crippen LogP contribution in [0.2, 0.25) is 0 Å². The van der Waals surface area contributed by atoms with Crippen molar-refractivity contribution < 1.29 is 0 Å². The van der Waals surface area contributed by atoms with Crippen molar-refractivity contribution in [3.8, 4) is 72.4 Å². The van der Waals surface area contributed by atoms with Gasteiger partial charge in [0.15, 0.2) is 0 Å². The second-order valence-corrected chi connectivity index (χ2v) is 39.8. The molecular weight excluding hydrogens is 1440 g/mol. The molecule has 5 heterocycles. The molecule has 15 aromatic carbocycles. The van der Waals surface area contributed by atoms with E-state index < -0.39 is 0 Å². The first-order valence-corrected chi connectivity index (χ1v) is 42.9. The molecule has 20 rings (SSSR count). The molecule has 0 spiro atoms. The van der Waals surface area contributed by atoms with Crippen molar-refractivity contribution in [1.29, 1.82) is 0 Å². The summed E-state index contributed by atoms with van der Waals surface area (Å²) in [5.41, 5.74) is 33.5. The standard InChI is InChI=1S/C110H96BN3S2/c1-106(2,3)73-53-54-89-93(64-73)114(103-83(68-36-21-17-22-37-68)58-74(107(4,5)6)59-84(103)69-38-23-18-24-39-69)95-66-77(112-91-47-28-25-42-78(91)85-62-76(109(10,11)12)63-88(105(85)112)110(13,14)15)65-94-102(95)111(89)90-57-72(71-41-31-40-70(56-71)67-34-19-16-20-35-67)52-55-92(90)113(94)104-86(79-45-32-50-98-100(79)81-43-26-29-48-96(81)115-98)60-75(108(7,8)9)61-87(104)80-46-33-51-99-101(80)82-44-27-30-49-97(82)116-99/h16-66H,1-15H3. The van der Waals surface area contributed by atoms with Crippen molar-refractivity contribution in [1.82, 2.24) is 4.57 Å². The Morgan fingerprint density at radius 3 is 1.22 bits per heavy atom. The predicted molar refractivity (Wildman–Crippen MR) is 507 cm³/mol. The number of anilines is 6. The van der Waals surface area contributed by atoms with E-state index in [1.807, 2.05) is 22.7 Å². The molecule has 0 bridgehead atoms. The van der Waals surface area contributed by atoms with Crippen molar-refractivity contribution in [3.63, 3.8) is 0 Å². The van der Waals surface area contributed by atoms with Gasteiger partial charge in [0.05, 0.1) is 28.1 Å². The summed E-state index contributed by atoms with van der Waals surface area (Å²) >= 11 is 3.79. The van der Waals surface area contributed by atoms with E-state index in [-0.39, 0.29) is 33.8 Å². The van der Waals surface area contributed by atoms with Crippen LogP contribution in [0.1, 0.15) is 132 Å². The highest BCUT2D eigenvalue weighted by Gasteiger charge is 2.47. The van der Waals surface area contributed by atoms with E-state index in [1.165, 1.54) is 157 Å². The second kappa shape index (κ2) is 26.9. The van der Waals surface area contributed by atoms with Crippen LogP contribution in [0.25, 0.3) is 135 Å². The molecule has 6 heteroatoms. The zero-order valence-corrected chi connectivity index (χ0v) is 70.8. The third-order valence-electron chi connectivity index (χ3n) is 24.9.